The molecule has 0 atom stereocenters. The van der Waals surface area contributed by atoms with Crippen molar-refractivity contribution in [2.75, 3.05) is 59.9 Å². The lowest BCUT2D eigenvalue weighted by molar-refractivity contribution is 0.0658. The van der Waals surface area contributed by atoms with Crippen LogP contribution in [0.25, 0.3) is 0 Å². The summed E-state index contributed by atoms with van der Waals surface area (Å²) in [5.74, 6) is 1.60. The lowest BCUT2D eigenvalue weighted by atomic mass is 10.2. The molecule has 0 spiro atoms. The molecule has 2 heterocycles. The molecule has 0 bridgehead atoms. The van der Waals surface area contributed by atoms with Crippen LogP contribution in [0.15, 0.2) is 30.5 Å². The summed E-state index contributed by atoms with van der Waals surface area (Å²) in [4.78, 5) is 21.0. The maximum Gasteiger partial charge on any atom is 0.272 e. The van der Waals surface area contributed by atoms with E-state index in [2.05, 4.69) is 22.2 Å². The maximum atomic E-state index is 12.6. The number of pyridine rings is 1. The van der Waals surface area contributed by atoms with Gasteiger partial charge in [0.2, 0.25) is 5.75 Å². The molecule has 2 aromatic rings. The zero-order valence-electron chi connectivity index (χ0n) is 16.7. The summed E-state index contributed by atoms with van der Waals surface area (Å²) >= 11 is 0. The average molecular weight is 386 g/mol. The van der Waals surface area contributed by atoms with E-state index in [1.165, 1.54) is 0 Å². The second-order valence-corrected chi connectivity index (χ2v) is 6.57. The van der Waals surface area contributed by atoms with Crippen LogP contribution in [0.1, 0.15) is 10.5 Å². The Labute approximate surface area is 165 Å². The fourth-order valence-electron chi connectivity index (χ4n) is 3.09. The van der Waals surface area contributed by atoms with Crippen molar-refractivity contribution in [2.24, 2.45) is 0 Å². The quantitative estimate of drug-likeness (QED) is 0.816. The molecular weight excluding hydrogens is 360 g/mol. The van der Waals surface area contributed by atoms with E-state index >= 15 is 0 Å². The van der Waals surface area contributed by atoms with E-state index in [-0.39, 0.29) is 5.91 Å². The Morgan fingerprint density at radius 2 is 1.61 bits per heavy atom. The molecule has 0 aliphatic carbocycles. The summed E-state index contributed by atoms with van der Waals surface area (Å²) in [6.45, 7) is 3.21. The van der Waals surface area contributed by atoms with Gasteiger partial charge in [0.05, 0.1) is 33.2 Å². The Morgan fingerprint density at radius 3 is 2.11 bits per heavy atom. The van der Waals surface area contributed by atoms with E-state index in [0.717, 1.165) is 37.6 Å². The van der Waals surface area contributed by atoms with E-state index in [1.54, 1.807) is 33.6 Å². The maximum absolute atomic E-state index is 12.6. The first-order valence-corrected chi connectivity index (χ1v) is 9.06. The molecule has 1 aliphatic heterocycles. The number of aromatic nitrogens is 1. The molecular formula is C20H26N4O4. The van der Waals surface area contributed by atoms with Crippen molar-refractivity contribution in [1.82, 2.24) is 14.8 Å². The number of amides is 1. The van der Waals surface area contributed by atoms with Crippen LogP contribution in [0.4, 0.5) is 11.4 Å². The summed E-state index contributed by atoms with van der Waals surface area (Å²) < 4.78 is 16.1. The van der Waals surface area contributed by atoms with Crippen molar-refractivity contribution >= 4 is 17.3 Å². The van der Waals surface area contributed by atoms with E-state index in [0.29, 0.717) is 22.9 Å². The highest BCUT2D eigenvalue weighted by molar-refractivity contribution is 5.92. The van der Waals surface area contributed by atoms with Crippen molar-refractivity contribution in [3.05, 3.63) is 36.2 Å². The normalized spacial score (nSPS) is 14.5. The molecule has 1 aromatic heterocycles. The fourth-order valence-corrected chi connectivity index (χ4v) is 3.09. The Kier molecular flexibility index (Phi) is 6.20. The van der Waals surface area contributed by atoms with Gasteiger partial charge in [-0.3, -0.25) is 4.79 Å². The molecule has 0 saturated carbocycles. The SMILES string of the molecule is COc1cc(Nc2ccc(C(=O)N3CCN(C)CC3)nc2)cc(OC)c1OC. The number of hydrogen-bond acceptors (Lipinski definition) is 7. The predicted octanol–water partition coefficient (Wildman–Crippen LogP) is 2.24. The third-order valence-corrected chi connectivity index (χ3v) is 4.73. The van der Waals surface area contributed by atoms with Crippen molar-refractivity contribution in [3.8, 4) is 17.2 Å². The standard InChI is InChI=1S/C20H26N4O4/c1-23-7-9-24(10-8-23)20(25)16-6-5-14(13-21-16)22-15-11-17(26-2)19(28-4)18(12-15)27-3/h5-6,11-13,22H,7-10H2,1-4H3. The number of piperazine rings is 1. The van der Waals surface area contributed by atoms with Crippen LogP contribution in [0, 0.1) is 0 Å². The number of hydrogen-bond donors (Lipinski definition) is 1. The first kappa shape index (κ1) is 19.8. The van der Waals surface area contributed by atoms with Gasteiger partial charge in [-0.25, -0.2) is 4.98 Å². The summed E-state index contributed by atoms with van der Waals surface area (Å²) in [7, 11) is 6.76. The topological polar surface area (TPSA) is 76.2 Å². The summed E-state index contributed by atoms with van der Waals surface area (Å²) in [5.41, 5.74) is 1.96. The van der Waals surface area contributed by atoms with Crippen LogP contribution in [0.5, 0.6) is 17.2 Å². The van der Waals surface area contributed by atoms with Gasteiger partial charge in [-0.1, -0.05) is 0 Å². The minimum absolute atomic E-state index is 0.0348. The predicted molar refractivity (Wildman–Crippen MR) is 107 cm³/mol. The first-order valence-electron chi connectivity index (χ1n) is 9.06. The van der Waals surface area contributed by atoms with E-state index in [1.807, 2.05) is 23.1 Å². The number of carbonyl (C=O) groups is 1. The number of rotatable bonds is 6. The Bertz CT molecular complexity index is 792. The van der Waals surface area contributed by atoms with Crippen LogP contribution in [-0.4, -0.2) is 75.2 Å². The molecule has 1 saturated heterocycles. The van der Waals surface area contributed by atoms with Gasteiger partial charge in [-0.2, -0.15) is 0 Å². The zero-order chi connectivity index (χ0) is 20.1. The molecule has 8 nitrogen and oxygen atoms in total. The van der Waals surface area contributed by atoms with Gasteiger partial charge < -0.3 is 29.3 Å². The largest absolute Gasteiger partial charge is 0.493 e. The fraction of sp³-hybridized carbons (Fsp3) is 0.400. The van der Waals surface area contributed by atoms with Crippen molar-refractivity contribution in [1.29, 1.82) is 0 Å². The summed E-state index contributed by atoms with van der Waals surface area (Å²) in [6, 6.07) is 7.19. The van der Waals surface area contributed by atoms with Crippen LogP contribution < -0.4 is 19.5 Å². The van der Waals surface area contributed by atoms with Gasteiger partial charge in [-0.15, -0.1) is 0 Å². The number of nitrogens with one attached hydrogen (secondary N) is 1. The number of carbonyl (C=O) groups excluding carboxylic acids is 1. The van der Waals surface area contributed by atoms with Gasteiger partial charge in [-0.05, 0) is 19.2 Å². The van der Waals surface area contributed by atoms with Crippen molar-refractivity contribution < 1.29 is 19.0 Å². The summed E-state index contributed by atoms with van der Waals surface area (Å²) in [6.07, 6.45) is 1.65. The molecule has 3 rings (SSSR count). The van der Waals surface area contributed by atoms with Crippen molar-refractivity contribution in [2.45, 2.75) is 0 Å². The monoisotopic (exact) mass is 386 g/mol. The number of nitrogens with zero attached hydrogens (tertiary/aromatic N) is 3. The molecule has 1 aliphatic rings. The minimum Gasteiger partial charge on any atom is -0.493 e. The Morgan fingerprint density at radius 1 is 0.964 bits per heavy atom. The molecule has 1 fully saturated rings. The average Bonchev–Trinajstić information content (AvgIpc) is 2.73. The lowest BCUT2D eigenvalue weighted by Gasteiger charge is -2.32. The van der Waals surface area contributed by atoms with Gasteiger partial charge in [0.1, 0.15) is 5.69 Å². The zero-order valence-corrected chi connectivity index (χ0v) is 16.7. The first-order chi connectivity index (χ1) is 13.5. The molecule has 1 N–H and O–H groups in total. The van der Waals surface area contributed by atoms with Gasteiger partial charge in [0.25, 0.3) is 5.91 Å². The van der Waals surface area contributed by atoms with E-state index in [9.17, 15) is 4.79 Å². The van der Waals surface area contributed by atoms with E-state index in [4.69, 9.17) is 14.2 Å². The van der Waals surface area contributed by atoms with Gasteiger partial charge in [0, 0.05) is 44.0 Å². The number of anilines is 2. The second kappa shape index (κ2) is 8.79. The third kappa shape index (κ3) is 4.28. The Balaban J connectivity index is 1.73. The minimum atomic E-state index is -0.0348. The highest BCUT2D eigenvalue weighted by atomic mass is 16.5. The van der Waals surface area contributed by atoms with Crippen LogP contribution in [-0.2, 0) is 0 Å². The van der Waals surface area contributed by atoms with Crippen molar-refractivity contribution in [3.63, 3.8) is 0 Å². The van der Waals surface area contributed by atoms with Gasteiger partial charge >= 0.3 is 0 Å². The Hall–Kier alpha value is -3.00. The second-order valence-electron chi connectivity index (χ2n) is 6.57. The van der Waals surface area contributed by atoms with Gasteiger partial charge in [0.15, 0.2) is 11.5 Å². The molecule has 150 valence electrons. The summed E-state index contributed by atoms with van der Waals surface area (Å²) in [5, 5.41) is 3.25. The molecule has 28 heavy (non-hydrogen) atoms. The highest BCUT2D eigenvalue weighted by Crippen LogP contribution is 2.40. The molecule has 0 radical (unpaired) electrons. The molecule has 8 heteroatoms. The molecule has 1 aromatic carbocycles. The van der Waals surface area contributed by atoms with E-state index < -0.39 is 0 Å². The van der Waals surface area contributed by atoms with Crippen LogP contribution in [0.3, 0.4) is 0 Å². The number of benzene rings is 1. The smallest absolute Gasteiger partial charge is 0.272 e. The number of methoxy groups -OCH3 is 3. The van der Waals surface area contributed by atoms with Crippen LogP contribution in [0.2, 0.25) is 0 Å². The lowest BCUT2D eigenvalue weighted by Crippen LogP contribution is -2.47. The molecule has 1 amide bonds. The number of ether oxygens (including phenoxy) is 3. The van der Waals surface area contributed by atoms with Crippen LogP contribution >= 0.6 is 0 Å². The highest BCUT2D eigenvalue weighted by Gasteiger charge is 2.21. The third-order valence-electron chi connectivity index (χ3n) is 4.73. The molecule has 0 unspecified atom stereocenters. The number of likely N-dealkylation sites (N-methyl/N-ethyl adjacent to an activating group) is 1.